The summed E-state index contributed by atoms with van der Waals surface area (Å²) in [5.41, 5.74) is 1.75. The summed E-state index contributed by atoms with van der Waals surface area (Å²) < 4.78 is 24.6. The number of ether oxygens (including phenoxy) is 2. The molecule has 0 radical (unpaired) electrons. The number of piperazine rings is 1. The highest BCUT2D eigenvalue weighted by atomic mass is 32.1. The summed E-state index contributed by atoms with van der Waals surface area (Å²) in [6.07, 6.45) is 0. The Morgan fingerprint density at radius 2 is 1.81 bits per heavy atom. The van der Waals surface area contributed by atoms with Gasteiger partial charge in [0.15, 0.2) is 16.6 Å². The van der Waals surface area contributed by atoms with Crippen LogP contribution in [0.1, 0.15) is 10.5 Å². The van der Waals surface area contributed by atoms with Gasteiger partial charge < -0.3 is 24.6 Å². The third kappa shape index (κ3) is 4.56. The number of amides is 1. The summed E-state index contributed by atoms with van der Waals surface area (Å²) in [4.78, 5) is 21.0. The molecule has 0 unspecified atom stereocenters. The molecule has 0 saturated carbocycles. The number of carbonyl (C=O) groups is 1. The lowest BCUT2D eigenvalue weighted by Crippen LogP contribution is -2.49. The van der Waals surface area contributed by atoms with Crippen LogP contribution in [0, 0.1) is 5.82 Å². The van der Waals surface area contributed by atoms with Crippen molar-refractivity contribution in [2.75, 3.05) is 50.6 Å². The highest BCUT2D eigenvalue weighted by Gasteiger charge is 2.25. The van der Waals surface area contributed by atoms with Gasteiger partial charge in [0.1, 0.15) is 11.5 Å². The number of methoxy groups -OCH3 is 2. The average Bonchev–Trinajstić information content (AvgIpc) is 3.27. The molecule has 0 bridgehead atoms. The maximum Gasteiger partial charge on any atom is 0.273 e. The predicted octanol–water partition coefficient (Wildman–Crippen LogP) is 4.01. The van der Waals surface area contributed by atoms with E-state index in [0.717, 1.165) is 5.69 Å². The zero-order chi connectivity index (χ0) is 21.8. The number of para-hydroxylation sites is 1. The fourth-order valence-corrected chi connectivity index (χ4v) is 4.19. The molecule has 0 atom stereocenters. The third-order valence-electron chi connectivity index (χ3n) is 5.12. The van der Waals surface area contributed by atoms with Gasteiger partial charge in [0.2, 0.25) is 0 Å². The van der Waals surface area contributed by atoms with Crippen LogP contribution in [0.25, 0.3) is 0 Å². The van der Waals surface area contributed by atoms with E-state index in [1.54, 1.807) is 42.7 Å². The quantitative estimate of drug-likeness (QED) is 0.622. The Bertz CT molecular complexity index is 1070. The molecule has 1 aromatic heterocycles. The zero-order valence-corrected chi connectivity index (χ0v) is 18.1. The van der Waals surface area contributed by atoms with Crippen molar-refractivity contribution in [2.45, 2.75) is 0 Å². The summed E-state index contributed by atoms with van der Waals surface area (Å²) in [5.74, 6) is 0.878. The highest BCUT2D eigenvalue weighted by Crippen LogP contribution is 2.32. The van der Waals surface area contributed by atoms with Gasteiger partial charge in [-0.1, -0.05) is 12.1 Å². The second-order valence-corrected chi connectivity index (χ2v) is 7.82. The van der Waals surface area contributed by atoms with Crippen molar-refractivity contribution in [3.63, 3.8) is 0 Å². The Hall–Kier alpha value is -3.33. The average molecular weight is 443 g/mol. The van der Waals surface area contributed by atoms with Gasteiger partial charge in [0.05, 0.1) is 19.9 Å². The van der Waals surface area contributed by atoms with Crippen molar-refractivity contribution in [2.24, 2.45) is 0 Å². The van der Waals surface area contributed by atoms with Gasteiger partial charge in [-0.2, -0.15) is 0 Å². The number of nitrogens with zero attached hydrogens (tertiary/aromatic N) is 3. The Morgan fingerprint density at radius 3 is 2.52 bits per heavy atom. The molecule has 2 aromatic carbocycles. The summed E-state index contributed by atoms with van der Waals surface area (Å²) in [7, 11) is 3.16. The highest BCUT2D eigenvalue weighted by molar-refractivity contribution is 7.14. The fourth-order valence-electron chi connectivity index (χ4n) is 3.49. The normalized spacial score (nSPS) is 13.8. The molecule has 1 aliphatic heterocycles. The topological polar surface area (TPSA) is 66.9 Å². The van der Waals surface area contributed by atoms with Crippen molar-refractivity contribution in [3.05, 3.63) is 59.4 Å². The maximum atomic E-state index is 14.0. The molecule has 31 heavy (non-hydrogen) atoms. The molecule has 4 rings (SSSR count). The zero-order valence-electron chi connectivity index (χ0n) is 17.3. The standard InChI is InChI=1S/C22H23FN4O3S/c1-29-19-8-7-15(13-20(19)30-2)24-22-25-17(14-31-22)21(28)27-11-9-26(10-12-27)18-6-4-3-5-16(18)23/h3-8,13-14H,9-12H2,1-2H3,(H,24,25). The van der Waals surface area contributed by atoms with Crippen LogP contribution in [0.3, 0.4) is 0 Å². The maximum absolute atomic E-state index is 14.0. The lowest BCUT2D eigenvalue weighted by atomic mass is 10.2. The molecule has 9 heteroatoms. The van der Waals surface area contributed by atoms with Crippen molar-refractivity contribution in [3.8, 4) is 11.5 Å². The van der Waals surface area contributed by atoms with Crippen LogP contribution in [-0.2, 0) is 0 Å². The number of anilines is 3. The van der Waals surface area contributed by atoms with E-state index in [1.807, 2.05) is 23.1 Å². The summed E-state index contributed by atoms with van der Waals surface area (Å²) in [6, 6.07) is 12.2. The molecule has 0 aliphatic carbocycles. The van der Waals surface area contributed by atoms with Gasteiger partial charge in [-0.05, 0) is 24.3 Å². The van der Waals surface area contributed by atoms with E-state index >= 15 is 0 Å². The van der Waals surface area contributed by atoms with E-state index in [0.29, 0.717) is 54.2 Å². The first-order valence-electron chi connectivity index (χ1n) is 9.82. The van der Waals surface area contributed by atoms with Crippen LogP contribution in [0.2, 0.25) is 0 Å². The lowest BCUT2D eigenvalue weighted by Gasteiger charge is -2.35. The molecular weight excluding hydrogens is 419 g/mol. The van der Waals surface area contributed by atoms with Crippen LogP contribution in [0.5, 0.6) is 11.5 Å². The van der Waals surface area contributed by atoms with Crippen LogP contribution in [-0.4, -0.2) is 56.2 Å². The van der Waals surface area contributed by atoms with Crippen molar-refractivity contribution in [1.29, 1.82) is 0 Å². The van der Waals surface area contributed by atoms with E-state index in [-0.39, 0.29) is 11.7 Å². The number of hydrogen-bond acceptors (Lipinski definition) is 7. The minimum atomic E-state index is -0.243. The lowest BCUT2D eigenvalue weighted by molar-refractivity contribution is 0.0741. The monoisotopic (exact) mass is 442 g/mol. The summed E-state index contributed by atoms with van der Waals surface area (Å²) >= 11 is 1.36. The van der Waals surface area contributed by atoms with Crippen molar-refractivity contribution in [1.82, 2.24) is 9.88 Å². The van der Waals surface area contributed by atoms with E-state index in [1.165, 1.54) is 17.4 Å². The van der Waals surface area contributed by atoms with Crippen LogP contribution in [0.4, 0.5) is 20.9 Å². The van der Waals surface area contributed by atoms with E-state index in [4.69, 9.17) is 9.47 Å². The van der Waals surface area contributed by atoms with Crippen LogP contribution >= 0.6 is 11.3 Å². The molecule has 3 aromatic rings. The molecule has 7 nitrogen and oxygen atoms in total. The molecule has 162 valence electrons. The Morgan fingerprint density at radius 1 is 1.06 bits per heavy atom. The predicted molar refractivity (Wildman–Crippen MR) is 119 cm³/mol. The van der Waals surface area contributed by atoms with Gasteiger partial charge in [0, 0.05) is 43.3 Å². The van der Waals surface area contributed by atoms with Gasteiger partial charge in [-0.25, -0.2) is 9.37 Å². The molecule has 2 heterocycles. The number of aromatic nitrogens is 1. The van der Waals surface area contributed by atoms with E-state index in [9.17, 15) is 9.18 Å². The summed E-state index contributed by atoms with van der Waals surface area (Å²) in [5, 5.41) is 5.55. The molecule has 0 spiro atoms. The SMILES string of the molecule is COc1ccc(Nc2nc(C(=O)N3CCN(c4ccccc4F)CC3)cs2)cc1OC. The first-order chi connectivity index (χ1) is 15.1. The van der Waals surface area contributed by atoms with Crippen LogP contribution in [0.15, 0.2) is 47.8 Å². The number of thiazole rings is 1. The van der Waals surface area contributed by atoms with Crippen molar-refractivity contribution < 1.29 is 18.7 Å². The molecule has 1 amide bonds. The number of hydrogen-bond donors (Lipinski definition) is 1. The molecule has 1 fully saturated rings. The van der Waals surface area contributed by atoms with Gasteiger partial charge in [-0.3, -0.25) is 4.79 Å². The second kappa shape index (κ2) is 9.22. The molecule has 1 N–H and O–H groups in total. The number of benzene rings is 2. The fraction of sp³-hybridized carbons (Fsp3) is 0.273. The first kappa shape index (κ1) is 20.9. The minimum absolute atomic E-state index is 0.121. The Kier molecular flexibility index (Phi) is 6.22. The van der Waals surface area contributed by atoms with Gasteiger partial charge >= 0.3 is 0 Å². The van der Waals surface area contributed by atoms with Gasteiger partial charge in [-0.15, -0.1) is 11.3 Å². The number of nitrogens with one attached hydrogen (secondary N) is 1. The molecule has 1 aliphatic rings. The molecular formula is C22H23FN4O3S. The van der Waals surface area contributed by atoms with E-state index < -0.39 is 0 Å². The van der Waals surface area contributed by atoms with Gasteiger partial charge in [0.25, 0.3) is 5.91 Å². The number of halogens is 1. The van der Waals surface area contributed by atoms with Crippen molar-refractivity contribution >= 4 is 33.8 Å². The smallest absolute Gasteiger partial charge is 0.273 e. The molecule has 1 saturated heterocycles. The minimum Gasteiger partial charge on any atom is -0.493 e. The van der Waals surface area contributed by atoms with E-state index in [2.05, 4.69) is 10.3 Å². The van der Waals surface area contributed by atoms with Crippen LogP contribution < -0.4 is 19.7 Å². The number of rotatable bonds is 6. The largest absolute Gasteiger partial charge is 0.493 e. The second-order valence-electron chi connectivity index (χ2n) is 6.96. The number of carbonyl (C=O) groups excluding carboxylic acids is 1. The summed E-state index contributed by atoms with van der Waals surface area (Å²) in [6.45, 7) is 2.19. The third-order valence-corrected chi connectivity index (χ3v) is 5.88. The Balaban J connectivity index is 1.38. The first-order valence-corrected chi connectivity index (χ1v) is 10.7. The Labute approximate surface area is 184 Å².